The lowest BCUT2D eigenvalue weighted by Gasteiger charge is -2.17. The molecule has 6 heavy (non-hydrogen) atoms. The summed E-state index contributed by atoms with van der Waals surface area (Å²) in [7, 11) is 0. The zero-order valence-electron chi connectivity index (χ0n) is 3.98. The van der Waals surface area contributed by atoms with E-state index < -0.39 is 0 Å². The molecule has 0 aromatic carbocycles. The number of hydrogen-bond donors (Lipinski definition) is 0. The summed E-state index contributed by atoms with van der Waals surface area (Å²) in [6, 6.07) is 0. The molecule has 0 unspecified atom stereocenters. The van der Waals surface area contributed by atoms with Crippen LogP contribution in [0.4, 0.5) is 0 Å². The van der Waals surface area contributed by atoms with Crippen molar-refractivity contribution in [1.29, 1.82) is 0 Å². The quantitative estimate of drug-likeness (QED) is 0.401. The van der Waals surface area contributed by atoms with Gasteiger partial charge in [0.15, 0.2) is 0 Å². The van der Waals surface area contributed by atoms with E-state index in [9.17, 15) is 0 Å². The van der Waals surface area contributed by atoms with Gasteiger partial charge in [-0.1, -0.05) is 28.2 Å². The Labute approximate surface area is 42.9 Å². The van der Waals surface area contributed by atoms with E-state index in [4.69, 9.17) is 0 Å². The lowest BCUT2D eigenvalue weighted by atomic mass is 10.2. The zero-order chi connectivity index (χ0) is 3.98. The Bertz CT molecular complexity index is 50.8. The van der Waals surface area contributed by atoms with Crippen LogP contribution in [0, 0.1) is 5.92 Å². The molecule has 0 radical (unpaired) electrons. The molecule has 0 aromatic rings. The lowest BCUT2D eigenvalue weighted by Crippen LogP contribution is -2.18. The van der Waals surface area contributed by atoms with Crippen LogP contribution in [-0.4, -0.2) is 14.1 Å². The summed E-state index contributed by atoms with van der Waals surface area (Å²) in [6.45, 7) is 0. The maximum absolute atomic E-state index is 1.72. The van der Waals surface area contributed by atoms with Crippen molar-refractivity contribution in [3.8, 4) is 0 Å². The van der Waals surface area contributed by atoms with Crippen LogP contribution < -0.4 is 0 Å². The van der Waals surface area contributed by atoms with Crippen LogP contribution in [0.15, 0.2) is 0 Å². The fourth-order valence-electron chi connectivity index (χ4n) is 1.82. The van der Waals surface area contributed by atoms with E-state index in [1.54, 1.807) is 22.3 Å². The maximum Gasteiger partial charge on any atom is 0.262 e. The Kier molecular flexibility index (Phi) is 0.602. The monoisotopic (exact) mass is 96.1 g/mol. The van der Waals surface area contributed by atoms with E-state index >= 15 is 0 Å². The van der Waals surface area contributed by atoms with Crippen molar-refractivity contribution in [3.63, 3.8) is 0 Å². The molecule has 32 valence electrons. The maximum atomic E-state index is 1.72. The Hall–Kier alpha value is 0.532. The highest BCUT2D eigenvalue weighted by atomic mass is 27.2. The first-order valence-electron chi connectivity index (χ1n) is 2.95. The summed E-state index contributed by atoms with van der Waals surface area (Å²) < 4.78 is 0. The molecule has 0 nitrogen and oxygen atoms in total. The fourth-order valence-corrected chi connectivity index (χ4v) is 5.45. The third-order valence-corrected chi connectivity index (χ3v) is 6.13. The van der Waals surface area contributed by atoms with Crippen molar-refractivity contribution >= 4 is 14.1 Å². The van der Waals surface area contributed by atoms with Crippen LogP contribution in [0.1, 0.15) is 6.42 Å². The minimum absolute atomic E-state index is 0.0941. The van der Waals surface area contributed by atoms with E-state index in [2.05, 4.69) is 0 Å². The van der Waals surface area contributed by atoms with Crippen LogP contribution >= 0.6 is 0 Å². The topological polar surface area (TPSA) is 0 Å². The van der Waals surface area contributed by atoms with E-state index in [-0.39, 0.29) is 14.1 Å². The van der Waals surface area contributed by atoms with Crippen LogP contribution in [0.25, 0.3) is 0 Å². The van der Waals surface area contributed by atoms with Gasteiger partial charge in [-0.2, -0.15) is 0 Å². The third kappa shape index (κ3) is 0.309. The molecule has 3 aliphatic heterocycles. The molecule has 0 saturated carbocycles. The van der Waals surface area contributed by atoms with Crippen LogP contribution in [0.5, 0.6) is 0 Å². The van der Waals surface area contributed by atoms with Gasteiger partial charge in [-0.15, -0.1) is 0 Å². The highest BCUT2D eigenvalue weighted by molar-refractivity contribution is 6.63. The summed E-state index contributed by atoms with van der Waals surface area (Å²) in [6.07, 6.45) is 1.62. The first kappa shape index (κ1) is 3.52. The largest absolute Gasteiger partial charge is 0.262 e. The Morgan fingerprint density at radius 1 is 1.33 bits per heavy atom. The van der Waals surface area contributed by atoms with Gasteiger partial charge in [0.25, 0.3) is 14.1 Å². The second-order valence-electron chi connectivity index (χ2n) is 2.78. The molecule has 0 spiro atoms. The molecule has 1 heteroatoms. The Morgan fingerprint density at radius 3 is 2.33 bits per heavy atom. The van der Waals surface area contributed by atoms with Crippen molar-refractivity contribution in [2.45, 2.75) is 22.3 Å². The predicted molar refractivity (Wildman–Crippen MR) is 28.3 cm³/mol. The summed E-state index contributed by atoms with van der Waals surface area (Å²) in [5, 5.41) is 5.14. The number of fused-ring (bicyclic) bond motifs is 1. The SMILES string of the molecule is C1[CH2][Al]2[CH2]C1[CH2]2. The van der Waals surface area contributed by atoms with Gasteiger partial charge < -0.3 is 0 Å². The highest BCUT2D eigenvalue weighted by Gasteiger charge is 2.40. The molecule has 3 rings (SSSR count). The fraction of sp³-hybridized carbons (Fsp3) is 1.00. The molecular formula is C5H9Al. The van der Waals surface area contributed by atoms with Crippen molar-refractivity contribution in [2.75, 3.05) is 0 Å². The van der Waals surface area contributed by atoms with Gasteiger partial charge in [0.2, 0.25) is 0 Å². The number of rotatable bonds is 0. The Morgan fingerprint density at radius 2 is 2.17 bits per heavy atom. The van der Waals surface area contributed by atoms with Gasteiger partial charge in [0.05, 0.1) is 0 Å². The normalized spacial score (nSPS) is 31.0. The molecule has 0 atom stereocenters. The van der Waals surface area contributed by atoms with Crippen LogP contribution in [0.3, 0.4) is 0 Å². The molecule has 3 aliphatic rings. The summed E-state index contributed by atoms with van der Waals surface area (Å²) >= 11 is 0.0941. The highest BCUT2D eigenvalue weighted by Crippen LogP contribution is 2.43. The summed E-state index contributed by atoms with van der Waals surface area (Å²) in [5.41, 5.74) is 0. The van der Waals surface area contributed by atoms with Crippen molar-refractivity contribution in [2.24, 2.45) is 5.92 Å². The van der Waals surface area contributed by atoms with Gasteiger partial charge in [-0.3, -0.25) is 0 Å². The molecule has 3 fully saturated rings. The Balaban J connectivity index is 2.16. The van der Waals surface area contributed by atoms with Gasteiger partial charge in [0, 0.05) is 0 Å². The molecule has 0 aliphatic carbocycles. The molecule has 0 aromatic heterocycles. The van der Waals surface area contributed by atoms with Gasteiger partial charge in [0.1, 0.15) is 0 Å². The van der Waals surface area contributed by atoms with E-state index in [0.717, 1.165) is 0 Å². The van der Waals surface area contributed by atoms with E-state index in [0.29, 0.717) is 0 Å². The molecule has 2 bridgehead atoms. The van der Waals surface area contributed by atoms with Crippen LogP contribution in [0.2, 0.25) is 15.8 Å². The minimum Gasteiger partial charge on any atom is -0.0937 e. The molecule has 0 N–H and O–H groups in total. The average molecular weight is 96.1 g/mol. The van der Waals surface area contributed by atoms with Gasteiger partial charge in [-0.25, -0.2) is 0 Å². The first-order chi connectivity index (χ1) is 2.95. The van der Waals surface area contributed by atoms with Crippen molar-refractivity contribution in [3.05, 3.63) is 0 Å². The summed E-state index contributed by atoms with van der Waals surface area (Å²) in [5.74, 6) is 1.25. The average Bonchev–Trinajstić information content (AvgIpc) is 1.72. The zero-order valence-corrected chi connectivity index (χ0v) is 5.14. The van der Waals surface area contributed by atoms with Gasteiger partial charge >= 0.3 is 0 Å². The second kappa shape index (κ2) is 1.02. The van der Waals surface area contributed by atoms with Crippen LogP contribution in [-0.2, 0) is 0 Å². The standard InChI is InChI=1S/C5H9.Al/c1-4-5(2)3;/h5H,1-4H2;. The number of hydrogen-bond acceptors (Lipinski definition) is 0. The van der Waals surface area contributed by atoms with E-state index in [1.807, 2.05) is 0 Å². The molecule has 0 amide bonds. The predicted octanol–water partition coefficient (Wildman–Crippen LogP) is 1.51. The van der Waals surface area contributed by atoms with Crippen molar-refractivity contribution < 1.29 is 0 Å². The first-order valence-corrected chi connectivity index (χ1v) is 5.40. The van der Waals surface area contributed by atoms with Gasteiger partial charge in [-0.05, 0) is 0 Å². The smallest absolute Gasteiger partial charge is 0.0937 e. The molecule has 3 saturated heterocycles. The molecule has 3 heterocycles. The third-order valence-electron chi connectivity index (χ3n) is 2.32. The summed E-state index contributed by atoms with van der Waals surface area (Å²) in [4.78, 5) is 0. The van der Waals surface area contributed by atoms with Crippen molar-refractivity contribution in [1.82, 2.24) is 0 Å². The van der Waals surface area contributed by atoms with E-state index in [1.165, 1.54) is 5.92 Å². The lowest BCUT2D eigenvalue weighted by molar-refractivity contribution is 0.633. The minimum atomic E-state index is 0.0941. The second-order valence-corrected chi connectivity index (χ2v) is 6.03. The molecular weight excluding hydrogens is 87.0 g/mol.